The van der Waals surface area contributed by atoms with Crippen molar-refractivity contribution in [3.63, 3.8) is 0 Å². The number of anilines is 1. The third-order valence-electron chi connectivity index (χ3n) is 3.27. The highest BCUT2D eigenvalue weighted by molar-refractivity contribution is 6.04. The molecule has 5 nitrogen and oxygen atoms in total. The van der Waals surface area contributed by atoms with Crippen molar-refractivity contribution in [2.45, 2.75) is 13.8 Å². The number of rotatable bonds is 5. The minimum atomic E-state index is -0.255. The topological polar surface area (TPSA) is 60.5 Å². The van der Waals surface area contributed by atoms with E-state index in [1.807, 2.05) is 38.1 Å². The van der Waals surface area contributed by atoms with Crippen molar-refractivity contribution in [2.24, 2.45) is 0 Å². The van der Waals surface area contributed by atoms with E-state index in [4.69, 9.17) is 9.47 Å². The van der Waals surface area contributed by atoms with Gasteiger partial charge in [0.1, 0.15) is 5.82 Å². The quantitative estimate of drug-likeness (QED) is 0.914. The summed E-state index contributed by atoms with van der Waals surface area (Å²) < 4.78 is 10.7. The Balaban J connectivity index is 2.38. The number of nitrogens with one attached hydrogen (secondary N) is 1. The molecule has 0 spiro atoms. The lowest BCUT2D eigenvalue weighted by atomic mass is 10.1. The summed E-state index contributed by atoms with van der Waals surface area (Å²) in [5.74, 6) is 1.36. The molecule has 0 atom stereocenters. The van der Waals surface area contributed by atoms with Crippen molar-refractivity contribution in [2.75, 3.05) is 19.5 Å². The zero-order valence-electron chi connectivity index (χ0n) is 13.7. The molecule has 1 aromatic heterocycles. The van der Waals surface area contributed by atoms with Crippen LogP contribution < -0.4 is 14.8 Å². The minimum Gasteiger partial charge on any atom is -0.493 e. The van der Waals surface area contributed by atoms with Crippen molar-refractivity contribution in [3.05, 3.63) is 53.2 Å². The maximum absolute atomic E-state index is 12.5. The van der Waals surface area contributed by atoms with E-state index in [-0.39, 0.29) is 5.91 Å². The molecule has 120 valence electrons. The smallest absolute Gasteiger partial charge is 0.256 e. The van der Waals surface area contributed by atoms with E-state index < -0.39 is 0 Å². The predicted octanol–water partition coefficient (Wildman–Crippen LogP) is 3.69. The van der Waals surface area contributed by atoms with E-state index >= 15 is 0 Å². The Hall–Kier alpha value is -2.82. The normalized spacial score (nSPS) is 10.6. The number of aromatic nitrogens is 1. The molecule has 0 saturated carbocycles. The van der Waals surface area contributed by atoms with Gasteiger partial charge < -0.3 is 14.8 Å². The number of aryl methyl sites for hydroxylation is 1. The van der Waals surface area contributed by atoms with Crippen molar-refractivity contribution in [1.29, 1.82) is 0 Å². The number of nitrogens with zero attached hydrogens (tertiary/aromatic N) is 1. The van der Waals surface area contributed by atoms with Crippen LogP contribution in [0.3, 0.4) is 0 Å². The molecule has 2 aromatic rings. The number of pyridine rings is 1. The number of ether oxygens (including phenoxy) is 2. The second-order valence-corrected chi connectivity index (χ2v) is 4.97. The summed E-state index contributed by atoms with van der Waals surface area (Å²) >= 11 is 0. The highest BCUT2D eigenvalue weighted by Gasteiger charge is 2.15. The molecule has 0 saturated heterocycles. The van der Waals surface area contributed by atoms with Crippen LogP contribution in [0.4, 0.5) is 5.82 Å². The summed E-state index contributed by atoms with van der Waals surface area (Å²) in [6, 6.07) is 7.09. The van der Waals surface area contributed by atoms with Gasteiger partial charge in [0.15, 0.2) is 11.5 Å². The molecule has 2 rings (SSSR count). The maximum Gasteiger partial charge on any atom is 0.256 e. The lowest BCUT2D eigenvalue weighted by Crippen LogP contribution is -2.13. The van der Waals surface area contributed by atoms with Crippen LogP contribution in [0.15, 0.2) is 36.5 Å². The maximum atomic E-state index is 12.5. The molecule has 0 fully saturated rings. The summed E-state index contributed by atoms with van der Waals surface area (Å²) in [5, 5.41) is 2.79. The molecule has 5 heteroatoms. The van der Waals surface area contributed by atoms with E-state index in [0.29, 0.717) is 22.9 Å². The standard InChI is InChI=1S/C18H20N2O3/c1-5-6-13-10-14(11-15(22-3)17(13)23-4)18(21)20-16-9-12(2)7-8-19-16/h5-11H,1-4H3,(H,19,20,21). The number of hydrogen-bond acceptors (Lipinski definition) is 4. The number of amides is 1. The van der Waals surface area contributed by atoms with Crippen molar-refractivity contribution in [3.8, 4) is 11.5 Å². The first-order valence-electron chi connectivity index (χ1n) is 7.21. The Kier molecular flexibility index (Phi) is 5.36. The third kappa shape index (κ3) is 3.88. The van der Waals surface area contributed by atoms with Crippen LogP contribution in [-0.4, -0.2) is 25.1 Å². The summed E-state index contributed by atoms with van der Waals surface area (Å²) in [7, 11) is 3.11. The number of allylic oxidation sites excluding steroid dienone is 1. The van der Waals surface area contributed by atoms with Crippen LogP contribution in [-0.2, 0) is 0 Å². The largest absolute Gasteiger partial charge is 0.493 e. The van der Waals surface area contributed by atoms with Crippen molar-refractivity contribution in [1.82, 2.24) is 4.98 Å². The molecule has 0 aliphatic rings. The first kappa shape index (κ1) is 16.5. The zero-order chi connectivity index (χ0) is 16.8. The molecule has 0 aliphatic heterocycles. The van der Waals surface area contributed by atoms with Crippen molar-refractivity contribution >= 4 is 17.8 Å². The molecular formula is C18H20N2O3. The highest BCUT2D eigenvalue weighted by atomic mass is 16.5. The number of carbonyl (C=O) groups excluding carboxylic acids is 1. The average molecular weight is 312 g/mol. The van der Waals surface area contributed by atoms with E-state index in [1.54, 1.807) is 32.5 Å². The Morgan fingerprint density at radius 1 is 1.22 bits per heavy atom. The summed E-state index contributed by atoms with van der Waals surface area (Å²) in [4.78, 5) is 16.6. The second-order valence-electron chi connectivity index (χ2n) is 4.97. The SMILES string of the molecule is CC=Cc1cc(C(=O)Nc2cc(C)ccn2)cc(OC)c1OC. The third-order valence-corrected chi connectivity index (χ3v) is 3.27. The van der Waals surface area contributed by atoms with E-state index in [2.05, 4.69) is 10.3 Å². The molecule has 1 amide bonds. The Morgan fingerprint density at radius 2 is 2.00 bits per heavy atom. The van der Waals surface area contributed by atoms with E-state index in [9.17, 15) is 4.79 Å². The first-order valence-corrected chi connectivity index (χ1v) is 7.21. The fourth-order valence-corrected chi connectivity index (χ4v) is 2.22. The zero-order valence-corrected chi connectivity index (χ0v) is 13.7. The van der Waals surface area contributed by atoms with E-state index in [0.717, 1.165) is 11.1 Å². The first-order chi connectivity index (χ1) is 11.1. The molecule has 23 heavy (non-hydrogen) atoms. The van der Waals surface area contributed by atoms with Gasteiger partial charge in [0.05, 0.1) is 14.2 Å². The molecule has 0 aliphatic carbocycles. The monoisotopic (exact) mass is 312 g/mol. The number of methoxy groups -OCH3 is 2. The van der Waals surface area contributed by atoms with Crippen LogP contribution in [0, 0.1) is 6.92 Å². The van der Waals surface area contributed by atoms with Gasteiger partial charge in [0, 0.05) is 17.3 Å². The lowest BCUT2D eigenvalue weighted by Gasteiger charge is -2.13. The average Bonchev–Trinajstić information content (AvgIpc) is 2.54. The van der Waals surface area contributed by atoms with Crippen molar-refractivity contribution < 1.29 is 14.3 Å². The molecule has 1 aromatic carbocycles. The van der Waals surface area contributed by atoms with Crippen LogP contribution >= 0.6 is 0 Å². The van der Waals surface area contributed by atoms with Crippen LogP contribution in [0.5, 0.6) is 11.5 Å². The van der Waals surface area contributed by atoms with Gasteiger partial charge in [-0.25, -0.2) is 4.98 Å². The highest BCUT2D eigenvalue weighted by Crippen LogP contribution is 2.33. The number of carbonyl (C=O) groups is 1. The molecule has 1 N–H and O–H groups in total. The number of hydrogen-bond donors (Lipinski definition) is 1. The van der Waals surface area contributed by atoms with Gasteiger partial charge in [0.25, 0.3) is 5.91 Å². The summed E-state index contributed by atoms with van der Waals surface area (Å²) in [6.45, 7) is 3.84. The molecule has 0 radical (unpaired) electrons. The Bertz CT molecular complexity index is 739. The van der Waals surface area contributed by atoms with E-state index in [1.165, 1.54) is 0 Å². The summed E-state index contributed by atoms with van der Waals surface area (Å²) in [5.41, 5.74) is 2.27. The van der Waals surface area contributed by atoms with Gasteiger partial charge in [-0.05, 0) is 43.7 Å². The van der Waals surface area contributed by atoms with Gasteiger partial charge in [-0.3, -0.25) is 4.79 Å². The molecule has 0 unspecified atom stereocenters. The lowest BCUT2D eigenvalue weighted by molar-refractivity contribution is 0.102. The van der Waals surface area contributed by atoms with Gasteiger partial charge >= 0.3 is 0 Å². The second kappa shape index (κ2) is 7.45. The minimum absolute atomic E-state index is 0.255. The van der Waals surface area contributed by atoms with Crippen LogP contribution in [0.25, 0.3) is 6.08 Å². The van der Waals surface area contributed by atoms with Gasteiger partial charge in [-0.15, -0.1) is 0 Å². The molecule has 1 heterocycles. The Labute approximate surface area is 136 Å². The van der Waals surface area contributed by atoms with Gasteiger partial charge in [-0.2, -0.15) is 0 Å². The summed E-state index contributed by atoms with van der Waals surface area (Å²) in [6.07, 6.45) is 5.40. The van der Waals surface area contributed by atoms with Gasteiger partial charge in [0.2, 0.25) is 0 Å². The van der Waals surface area contributed by atoms with Crippen LogP contribution in [0.2, 0.25) is 0 Å². The van der Waals surface area contributed by atoms with Gasteiger partial charge in [-0.1, -0.05) is 12.2 Å². The molecule has 0 bridgehead atoms. The fraction of sp³-hybridized carbons (Fsp3) is 0.222. The Morgan fingerprint density at radius 3 is 2.61 bits per heavy atom. The predicted molar refractivity (Wildman–Crippen MR) is 91.2 cm³/mol. The number of benzene rings is 1. The molecular weight excluding hydrogens is 292 g/mol. The van der Waals surface area contributed by atoms with Crippen LogP contribution in [0.1, 0.15) is 28.4 Å². The fourth-order valence-electron chi connectivity index (χ4n) is 2.22.